The molecule has 0 atom stereocenters. The zero-order valence-corrected chi connectivity index (χ0v) is 17.9. The summed E-state index contributed by atoms with van der Waals surface area (Å²) in [6, 6.07) is 16.0. The first kappa shape index (κ1) is 21.0. The molecule has 2 aromatic heterocycles. The van der Waals surface area contributed by atoms with Crippen LogP contribution in [0.25, 0.3) is 11.6 Å². The Balaban J connectivity index is 1.69. The predicted molar refractivity (Wildman–Crippen MR) is 117 cm³/mol. The van der Waals surface area contributed by atoms with Gasteiger partial charge in [-0.3, -0.25) is 4.79 Å². The molecule has 4 aromatic rings. The van der Waals surface area contributed by atoms with Gasteiger partial charge in [0.15, 0.2) is 17.3 Å². The number of rotatable bonds is 8. The van der Waals surface area contributed by atoms with E-state index < -0.39 is 5.91 Å². The number of hydrogen-bond acceptors (Lipinski definition) is 8. The van der Waals surface area contributed by atoms with Crippen LogP contribution in [0, 0.1) is 0 Å². The van der Waals surface area contributed by atoms with E-state index in [-0.39, 0.29) is 11.8 Å². The number of nitrogens with one attached hydrogen (secondary N) is 1. The maximum atomic E-state index is 13.3. The van der Waals surface area contributed by atoms with Crippen LogP contribution in [0.1, 0.15) is 15.9 Å². The average molecular weight is 434 g/mol. The van der Waals surface area contributed by atoms with Crippen molar-refractivity contribution in [3.05, 3.63) is 72.0 Å². The minimum Gasteiger partial charge on any atom is -0.496 e. The maximum absolute atomic E-state index is 13.3. The predicted octanol–water partition coefficient (Wildman–Crippen LogP) is 3.86. The number of carbonyl (C=O) groups is 1. The normalized spacial score (nSPS) is 10.6. The smallest absolute Gasteiger partial charge is 0.281 e. The molecule has 0 saturated carbocycles. The molecular formula is C23H22N4O5. The second-order valence-corrected chi connectivity index (χ2v) is 6.69. The lowest BCUT2D eigenvalue weighted by Crippen LogP contribution is -2.18. The molecule has 0 fully saturated rings. The summed E-state index contributed by atoms with van der Waals surface area (Å²) < 4.78 is 22.6. The molecule has 9 heteroatoms. The molecule has 164 valence electrons. The van der Waals surface area contributed by atoms with Gasteiger partial charge in [0.25, 0.3) is 5.91 Å². The Morgan fingerprint density at radius 2 is 1.75 bits per heavy atom. The van der Waals surface area contributed by atoms with Crippen molar-refractivity contribution >= 4 is 11.9 Å². The third-order valence-corrected chi connectivity index (χ3v) is 4.80. The molecule has 2 heterocycles. The Hall–Kier alpha value is -4.27. The summed E-state index contributed by atoms with van der Waals surface area (Å²) in [4.78, 5) is 17.8. The van der Waals surface area contributed by atoms with Gasteiger partial charge in [-0.15, -0.1) is 5.10 Å². The number of methoxy groups -OCH3 is 3. The molecule has 0 spiro atoms. The van der Waals surface area contributed by atoms with Gasteiger partial charge in [-0.25, -0.2) is 0 Å². The van der Waals surface area contributed by atoms with Crippen LogP contribution in [0.4, 0.5) is 5.95 Å². The first-order valence-corrected chi connectivity index (χ1v) is 9.78. The largest absolute Gasteiger partial charge is 0.496 e. The number of para-hydroxylation sites is 1. The Labute approximate surface area is 184 Å². The van der Waals surface area contributed by atoms with Crippen LogP contribution in [0.5, 0.6) is 17.2 Å². The van der Waals surface area contributed by atoms with E-state index in [1.807, 2.05) is 24.3 Å². The minimum atomic E-state index is -0.390. The summed E-state index contributed by atoms with van der Waals surface area (Å²) in [6.07, 6.45) is 1.52. The van der Waals surface area contributed by atoms with Crippen molar-refractivity contribution in [2.24, 2.45) is 0 Å². The molecule has 0 saturated heterocycles. The Kier molecular flexibility index (Phi) is 6.07. The van der Waals surface area contributed by atoms with Crippen molar-refractivity contribution in [3.8, 4) is 28.8 Å². The number of nitrogens with zero attached hydrogens (tertiary/aromatic N) is 3. The van der Waals surface area contributed by atoms with Crippen molar-refractivity contribution in [2.45, 2.75) is 6.54 Å². The molecule has 0 radical (unpaired) electrons. The Bertz CT molecular complexity index is 1220. The van der Waals surface area contributed by atoms with Gasteiger partial charge in [0.2, 0.25) is 11.8 Å². The molecule has 0 bridgehead atoms. The third kappa shape index (κ3) is 4.13. The van der Waals surface area contributed by atoms with E-state index in [1.165, 1.54) is 25.2 Å². The van der Waals surface area contributed by atoms with Crippen molar-refractivity contribution in [2.75, 3.05) is 26.6 Å². The van der Waals surface area contributed by atoms with Crippen LogP contribution >= 0.6 is 0 Å². The summed E-state index contributed by atoms with van der Waals surface area (Å²) in [5.74, 6) is 2.29. The van der Waals surface area contributed by atoms with Gasteiger partial charge in [-0.05, 0) is 36.4 Å². The van der Waals surface area contributed by atoms with Gasteiger partial charge in [-0.2, -0.15) is 9.67 Å². The SMILES string of the molecule is COc1ccccc1CNc1nc(-c2ccco2)nn1C(=O)c1ccc(OC)c(OC)c1. The van der Waals surface area contributed by atoms with E-state index in [1.54, 1.807) is 37.4 Å². The zero-order valence-electron chi connectivity index (χ0n) is 17.9. The average Bonchev–Trinajstić information content (AvgIpc) is 3.52. The zero-order chi connectivity index (χ0) is 22.5. The maximum Gasteiger partial charge on any atom is 0.281 e. The monoisotopic (exact) mass is 434 g/mol. The second kappa shape index (κ2) is 9.25. The highest BCUT2D eigenvalue weighted by atomic mass is 16.5. The highest BCUT2D eigenvalue weighted by Crippen LogP contribution is 2.29. The van der Waals surface area contributed by atoms with E-state index >= 15 is 0 Å². The number of aromatic nitrogens is 3. The molecule has 9 nitrogen and oxygen atoms in total. The first-order chi connectivity index (χ1) is 15.6. The van der Waals surface area contributed by atoms with E-state index in [4.69, 9.17) is 18.6 Å². The molecule has 32 heavy (non-hydrogen) atoms. The van der Waals surface area contributed by atoms with Crippen LogP contribution < -0.4 is 19.5 Å². The summed E-state index contributed by atoms with van der Waals surface area (Å²) in [7, 11) is 4.65. The molecule has 0 aliphatic carbocycles. The molecule has 1 N–H and O–H groups in total. The van der Waals surface area contributed by atoms with E-state index in [0.29, 0.717) is 29.4 Å². The van der Waals surface area contributed by atoms with Gasteiger partial charge in [0, 0.05) is 17.7 Å². The molecule has 0 amide bonds. The van der Waals surface area contributed by atoms with Gasteiger partial charge in [0.05, 0.1) is 27.6 Å². The Morgan fingerprint density at radius 3 is 2.47 bits per heavy atom. The quantitative estimate of drug-likeness (QED) is 0.446. The van der Waals surface area contributed by atoms with Crippen molar-refractivity contribution in [1.82, 2.24) is 14.8 Å². The standard InChI is InChI=1S/C23H22N4O5/c1-29-17-8-5-4-7-16(17)14-24-23-25-21(19-9-6-12-32-19)26-27(23)22(28)15-10-11-18(30-2)20(13-15)31-3/h4-13H,14H2,1-3H3,(H,24,25,26). The molecule has 0 unspecified atom stereocenters. The summed E-state index contributed by atoms with van der Waals surface area (Å²) >= 11 is 0. The lowest BCUT2D eigenvalue weighted by Gasteiger charge is -2.11. The van der Waals surface area contributed by atoms with Gasteiger partial charge in [-0.1, -0.05) is 18.2 Å². The lowest BCUT2D eigenvalue weighted by atomic mass is 10.2. The lowest BCUT2D eigenvalue weighted by molar-refractivity contribution is 0.0947. The van der Waals surface area contributed by atoms with Crippen LogP contribution in [0.3, 0.4) is 0 Å². The highest BCUT2D eigenvalue weighted by Gasteiger charge is 2.21. The fraction of sp³-hybridized carbons (Fsp3) is 0.174. The van der Waals surface area contributed by atoms with Crippen LogP contribution in [-0.4, -0.2) is 42.0 Å². The fourth-order valence-corrected chi connectivity index (χ4v) is 3.19. The van der Waals surface area contributed by atoms with Gasteiger partial charge in [0.1, 0.15) is 5.75 Å². The van der Waals surface area contributed by atoms with E-state index in [2.05, 4.69) is 15.4 Å². The molecule has 0 aliphatic rings. The molecule has 0 aliphatic heterocycles. The molecule has 4 rings (SSSR count). The first-order valence-electron chi connectivity index (χ1n) is 9.78. The van der Waals surface area contributed by atoms with Crippen LogP contribution in [0.15, 0.2) is 65.3 Å². The third-order valence-electron chi connectivity index (χ3n) is 4.80. The van der Waals surface area contributed by atoms with E-state index in [0.717, 1.165) is 11.3 Å². The number of carbonyl (C=O) groups excluding carboxylic acids is 1. The summed E-state index contributed by atoms with van der Waals surface area (Å²) in [5.41, 5.74) is 1.27. The topological polar surface area (TPSA) is 101 Å². The van der Waals surface area contributed by atoms with Gasteiger partial charge < -0.3 is 23.9 Å². The number of benzene rings is 2. The Morgan fingerprint density at radius 1 is 0.969 bits per heavy atom. The summed E-state index contributed by atoms with van der Waals surface area (Å²) in [5, 5.41) is 7.56. The second-order valence-electron chi connectivity index (χ2n) is 6.69. The number of ether oxygens (including phenoxy) is 3. The molecule has 2 aromatic carbocycles. The van der Waals surface area contributed by atoms with Crippen LogP contribution in [-0.2, 0) is 6.54 Å². The van der Waals surface area contributed by atoms with Crippen LogP contribution in [0.2, 0.25) is 0 Å². The number of furan rings is 1. The molecular weight excluding hydrogens is 412 g/mol. The van der Waals surface area contributed by atoms with Gasteiger partial charge >= 0.3 is 0 Å². The van der Waals surface area contributed by atoms with Crippen molar-refractivity contribution in [1.29, 1.82) is 0 Å². The highest BCUT2D eigenvalue weighted by molar-refractivity contribution is 5.97. The number of hydrogen-bond donors (Lipinski definition) is 1. The number of anilines is 1. The summed E-state index contributed by atoms with van der Waals surface area (Å²) in [6.45, 7) is 0.375. The van der Waals surface area contributed by atoms with Crippen molar-refractivity contribution < 1.29 is 23.4 Å². The van der Waals surface area contributed by atoms with E-state index in [9.17, 15) is 4.79 Å². The fourth-order valence-electron chi connectivity index (χ4n) is 3.19. The minimum absolute atomic E-state index is 0.266. The van der Waals surface area contributed by atoms with Crippen molar-refractivity contribution in [3.63, 3.8) is 0 Å².